The van der Waals surface area contributed by atoms with Crippen LogP contribution in [-0.2, 0) is 10.0 Å². The first-order valence-corrected chi connectivity index (χ1v) is 7.58. The molecule has 0 heterocycles. The fraction of sp³-hybridized carbons (Fsp3) is 0.462. The molecule has 1 atom stereocenters. The second-order valence-electron chi connectivity index (χ2n) is 4.47. The summed E-state index contributed by atoms with van der Waals surface area (Å²) < 4.78 is 26.4. The van der Waals surface area contributed by atoms with Gasteiger partial charge in [0.05, 0.1) is 16.5 Å². The highest BCUT2D eigenvalue weighted by atomic mass is 32.2. The first-order chi connectivity index (χ1) is 8.99. The lowest BCUT2D eigenvalue weighted by Crippen LogP contribution is -2.25. The highest BCUT2D eigenvalue weighted by molar-refractivity contribution is 7.89. The molecule has 0 aliphatic carbocycles. The van der Waals surface area contributed by atoms with Crippen molar-refractivity contribution < 1.29 is 13.5 Å². The number of nitrogens with zero attached hydrogens (tertiary/aromatic N) is 1. The third kappa shape index (κ3) is 4.99. The summed E-state index contributed by atoms with van der Waals surface area (Å²) in [6.45, 7) is 2.34. The molecule has 0 radical (unpaired) electrons. The smallest absolute Gasteiger partial charge is 0.240 e. The fourth-order valence-electron chi connectivity index (χ4n) is 1.56. The summed E-state index contributed by atoms with van der Waals surface area (Å²) in [5, 5.41) is 17.6. The number of nitrogens with one attached hydrogen (secondary N) is 1. The molecule has 0 aromatic heterocycles. The number of hydrogen-bond donors (Lipinski definition) is 2. The zero-order valence-corrected chi connectivity index (χ0v) is 11.7. The molecule has 1 unspecified atom stereocenters. The van der Waals surface area contributed by atoms with Crippen molar-refractivity contribution in [3.8, 4) is 6.07 Å². The maximum absolute atomic E-state index is 11.9. The zero-order chi connectivity index (χ0) is 14.3. The summed E-state index contributed by atoms with van der Waals surface area (Å²) in [6, 6.07) is 7.81. The van der Waals surface area contributed by atoms with Gasteiger partial charge in [0.1, 0.15) is 0 Å². The van der Waals surface area contributed by atoms with Crippen LogP contribution in [0.5, 0.6) is 0 Å². The molecule has 1 aromatic carbocycles. The van der Waals surface area contributed by atoms with Gasteiger partial charge >= 0.3 is 0 Å². The Hall–Kier alpha value is -1.42. The Bertz CT molecular complexity index is 549. The van der Waals surface area contributed by atoms with Crippen LogP contribution in [-0.4, -0.2) is 26.7 Å². The van der Waals surface area contributed by atoms with Crippen molar-refractivity contribution >= 4 is 10.0 Å². The summed E-state index contributed by atoms with van der Waals surface area (Å²) in [5.74, 6) is 0.173. The van der Waals surface area contributed by atoms with Crippen molar-refractivity contribution in [3.05, 3.63) is 29.8 Å². The summed E-state index contributed by atoms with van der Waals surface area (Å²) >= 11 is 0. The van der Waals surface area contributed by atoms with E-state index in [9.17, 15) is 8.42 Å². The minimum absolute atomic E-state index is 0.0988. The summed E-state index contributed by atoms with van der Waals surface area (Å²) in [4.78, 5) is 0.0988. The van der Waals surface area contributed by atoms with Crippen LogP contribution in [0, 0.1) is 17.2 Å². The lowest BCUT2D eigenvalue weighted by atomic mass is 10.1. The number of rotatable bonds is 7. The second-order valence-corrected chi connectivity index (χ2v) is 6.23. The Kier molecular flexibility index (Phi) is 5.96. The Balaban J connectivity index is 2.59. The van der Waals surface area contributed by atoms with Gasteiger partial charge in [-0.2, -0.15) is 5.26 Å². The minimum atomic E-state index is -3.56. The van der Waals surface area contributed by atoms with Gasteiger partial charge in [0.2, 0.25) is 10.0 Å². The summed E-state index contributed by atoms with van der Waals surface area (Å²) in [5.41, 5.74) is 0.316. The highest BCUT2D eigenvalue weighted by Gasteiger charge is 2.13. The molecule has 6 heteroatoms. The quantitative estimate of drug-likeness (QED) is 0.736. The van der Waals surface area contributed by atoms with Crippen LogP contribution in [0.1, 0.15) is 25.3 Å². The number of aliphatic hydroxyl groups is 1. The summed E-state index contributed by atoms with van der Waals surface area (Å²) in [6.07, 6.45) is 1.43. The van der Waals surface area contributed by atoms with Crippen molar-refractivity contribution in [3.63, 3.8) is 0 Å². The van der Waals surface area contributed by atoms with E-state index in [4.69, 9.17) is 10.4 Å². The Morgan fingerprint density at radius 1 is 1.47 bits per heavy atom. The molecule has 0 saturated heterocycles. The fourth-order valence-corrected chi connectivity index (χ4v) is 2.68. The maximum Gasteiger partial charge on any atom is 0.240 e. The van der Waals surface area contributed by atoms with Crippen molar-refractivity contribution in [2.45, 2.75) is 24.7 Å². The highest BCUT2D eigenvalue weighted by Crippen LogP contribution is 2.11. The van der Waals surface area contributed by atoms with Gasteiger partial charge in [0.25, 0.3) is 0 Å². The van der Waals surface area contributed by atoms with Gasteiger partial charge in [-0.1, -0.05) is 13.0 Å². The molecular formula is C13H18N2O3S. The van der Waals surface area contributed by atoms with Crippen LogP contribution >= 0.6 is 0 Å². The summed E-state index contributed by atoms with van der Waals surface area (Å²) in [7, 11) is -3.56. The van der Waals surface area contributed by atoms with Gasteiger partial charge < -0.3 is 5.11 Å². The topological polar surface area (TPSA) is 90.2 Å². The zero-order valence-electron chi connectivity index (χ0n) is 10.8. The van der Waals surface area contributed by atoms with Crippen LogP contribution in [0.25, 0.3) is 0 Å². The van der Waals surface area contributed by atoms with Crippen LogP contribution in [0.15, 0.2) is 29.2 Å². The maximum atomic E-state index is 11.9. The molecule has 0 bridgehead atoms. The van der Waals surface area contributed by atoms with Gasteiger partial charge in [-0.3, -0.25) is 0 Å². The molecule has 5 nitrogen and oxygen atoms in total. The van der Waals surface area contributed by atoms with Crippen LogP contribution < -0.4 is 4.72 Å². The molecule has 19 heavy (non-hydrogen) atoms. The predicted octanol–water partition coefficient (Wildman–Crippen LogP) is 1.25. The van der Waals surface area contributed by atoms with E-state index in [0.717, 1.165) is 6.42 Å². The molecule has 0 aliphatic heterocycles. The van der Waals surface area contributed by atoms with E-state index in [-0.39, 0.29) is 17.4 Å². The Morgan fingerprint density at radius 3 is 2.84 bits per heavy atom. The first kappa shape index (κ1) is 15.6. The molecule has 0 amide bonds. The SMILES string of the molecule is CC(CO)CCCNS(=O)(=O)c1cccc(C#N)c1. The molecule has 1 aromatic rings. The van der Waals surface area contributed by atoms with E-state index in [1.54, 1.807) is 12.1 Å². The van der Waals surface area contributed by atoms with Gasteiger partial charge in [-0.15, -0.1) is 0 Å². The molecule has 0 aliphatic rings. The van der Waals surface area contributed by atoms with Crippen molar-refractivity contribution in [1.82, 2.24) is 4.72 Å². The van der Waals surface area contributed by atoms with E-state index < -0.39 is 10.0 Å². The normalized spacial score (nSPS) is 12.9. The number of benzene rings is 1. The number of sulfonamides is 1. The number of nitriles is 1. The van der Waals surface area contributed by atoms with Crippen molar-refractivity contribution in [1.29, 1.82) is 5.26 Å². The van der Waals surface area contributed by atoms with E-state index >= 15 is 0 Å². The third-order valence-corrected chi connectivity index (χ3v) is 4.21. The Morgan fingerprint density at radius 2 is 2.21 bits per heavy atom. The van der Waals surface area contributed by atoms with E-state index in [2.05, 4.69) is 4.72 Å². The average molecular weight is 282 g/mol. The molecule has 1 rings (SSSR count). The van der Waals surface area contributed by atoms with Crippen molar-refractivity contribution in [2.24, 2.45) is 5.92 Å². The number of hydrogen-bond acceptors (Lipinski definition) is 4. The van der Waals surface area contributed by atoms with Gasteiger partial charge in [0.15, 0.2) is 0 Å². The molecule has 2 N–H and O–H groups in total. The lowest BCUT2D eigenvalue weighted by Gasteiger charge is -2.09. The molecular weight excluding hydrogens is 264 g/mol. The molecule has 104 valence electrons. The monoisotopic (exact) mass is 282 g/mol. The number of aliphatic hydroxyl groups excluding tert-OH is 1. The van der Waals surface area contributed by atoms with Crippen LogP contribution in [0.4, 0.5) is 0 Å². The van der Waals surface area contributed by atoms with Gasteiger partial charge in [-0.25, -0.2) is 13.1 Å². The first-order valence-electron chi connectivity index (χ1n) is 6.10. The van der Waals surface area contributed by atoms with Crippen LogP contribution in [0.3, 0.4) is 0 Å². The van der Waals surface area contributed by atoms with Gasteiger partial charge in [-0.05, 0) is 37.0 Å². The van der Waals surface area contributed by atoms with Crippen molar-refractivity contribution in [2.75, 3.05) is 13.2 Å². The third-order valence-electron chi connectivity index (χ3n) is 2.75. The predicted molar refractivity (Wildman–Crippen MR) is 71.8 cm³/mol. The Labute approximate surface area is 113 Å². The van der Waals surface area contributed by atoms with E-state index in [1.165, 1.54) is 12.1 Å². The largest absolute Gasteiger partial charge is 0.396 e. The standard InChI is InChI=1S/C13H18N2O3S/c1-11(10-16)4-3-7-15-19(17,18)13-6-2-5-12(8-13)9-14/h2,5-6,8,11,15-16H,3-4,7,10H2,1H3. The molecule has 0 saturated carbocycles. The second kappa shape index (κ2) is 7.24. The average Bonchev–Trinajstić information content (AvgIpc) is 2.43. The van der Waals surface area contributed by atoms with Gasteiger partial charge in [0, 0.05) is 13.2 Å². The van der Waals surface area contributed by atoms with E-state index in [0.29, 0.717) is 18.5 Å². The lowest BCUT2D eigenvalue weighted by molar-refractivity contribution is 0.228. The minimum Gasteiger partial charge on any atom is -0.396 e. The van der Waals surface area contributed by atoms with Crippen LogP contribution in [0.2, 0.25) is 0 Å². The van der Waals surface area contributed by atoms with E-state index in [1.807, 2.05) is 13.0 Å². The molecule has 0 fully saturated rings. The molecule has 0 spiro atoms.